The molecule has 3 heteroatoms. The van der Waals surface area contributed by atoms with Crippen molar-refractivity contribution in [3.8, 4) is 0 Å². The summed E-state index contributed by atoms with van der Waals surface area (Å²) >= 11 is 5.64. The van der Waals surface area contributed by atoms with Crippen LogP contribution in [0, 0.1) is 0 Å². The van der Waals surface area contributed by atoms with E-state index in [2.05, 4.69) is 11.8 Å². The highest BCUT2D eigenvalue weighted by Crippen LogP contribution is 2.08. The molecule has 0 amide bonds. The molecule has 0 radical (unpaired) electrons. The molecule has 0 aliphatic carbocycles. The van der Waals surface area contributed by atoms with Crippen molar-refractivity contribution in [2.45, 2.75) is 45.1 Å². The van der Waals surface area contributed by atoms with Gasteiger partial charge in [-0.2, -0.15) is 0 Å². The lowest BCUT2D eigenvalue weighted by atomic mass is 10.2. The summed E-state index contributed by atoms with van der Waals surface area (Å²) < 4.78 is 5.62. The number of hydrogen-bond acceptors (Lipinski definition) is 2. The molecule has 0 aromatic heterocycles. The van der Waals surface area contributed by atoms with E-state index in [-0.39, 0.29) is 0 Å². The van der Waals surface area contributed by atoms with Crippen LogP contribution in [0.15, 0.2) is 0 Å². The number of alkyl halides is 1. The second-order valence-electron chi connectivity index (χ2n) is 4.44. The topological polar surface area (TPSA) is 12.5 Å². The van der Waals surface area contributed by atoms with Gasteiger partial charge in [0.2, 0.25) is 0 Å². The van der Waals surface area contributed by atoms with Crippen molar-refractivity contribution in [2.24, 2.45) is 0 Å². The number of halogens is 1. The Hall–Kier alpha value is 0.210. The standard InChI is InChI=1S/C12H24ClNO/c1-12-11-14(9-6-10-15-12)8-5-3-2-4-7-13/h12H,2-11H2,1H3. The summed E-state index contributed by atoms with van der Waals surface area (Å²) in [5.74, 6) is 0.814. The lowest BCUT2D eigenvalue weighted by Crippen LogP contribution is -2.31. The van der Waals surface area contributed by atoms with Crippen LogP contribution in [-0.4, -0.2) is 43.1 Å². The van der Waals surface area contributed by atoms with Crippen molar-refractivity contribution < 1.29 is 4.74 Å². The molecule has 1 heterocycles. The maximum atomic E-state index is 5.64. The van der Waals surface area contributed by atoms with Gasteiger partial charge in [0, 0.05) is 25.6 Å². The molecular formula is C12H24ClNO. The van der Waals surface area contributed by atoms with Crippen LogP contribution in [0.1, 0.15) is 39.0 Å². The summed E-state index contributed by atoms with van der Waals surface area (Å²) in [5.41, 5.74) is 0. The third kappa shape index (κ3) is 6.39. The summed E-state index contributed by atoms with van der Waals surface area (Å²) in [7, 11) is 0. The third-order valence-electron chi connectivity index (χ3n) is 2.89. The number of unbranched alkanes of at least 4 members (excludes halogenated alkanes) is 3. The Morgan fingerprint density at radius 3 is 2.87 bits per heavy atom. The average Bonchev–Trinajstić information content (AvgIpc) is 2.43. The van der Waals surface area contributed by atoms with Crippen LogP contribution in [-0.2, 0) is 4.74 Å². The fourth-order valence-electron chi connectivity index (χ4n) is 2.07. The van der Waals surface area contributed by atoms with Crippen LogP contribution in [0.4, 0.5) is 0 Å². The first-order valence-electron chi connectivity index (χ1n) is 6.23. The lowest BCUT2D eigenvalue weighted by molar-refractivity contribution is 0.0675. The molecule has 0 spiro atoms. The summed E-state index contributed by atoms with van der Waals surface area (Å²) in [6, 6.07) is 0. The fraction of sp³-hybridized carbons (Fsp3) is 1.00. The SMILES string of the molecule is CC1CN(CCCCCCCl)CCCO1. The second kappa shape index (κ2) is 8.37. The first-order chi connectivity index (χ1) is 7.33. The van der Waals surface area contributed by atoms with Gasteiger partial charge < -0.3 is 9.64 Å². The molecule has 1 saturated heterocycles. The minimum atomic E-state index is 0.412. The van der Waals surface area contributed by atoms with Gasteiger partial charge in [0.05, 0.1) is 6.10 Å². The first-order valence-corrected chi connectivity index (χ1v) is 6.76. The molecule has 1 aliphatic heterocycles. The van der Waals surface area contributed by atoms with Crippen LogP contribution in [0.2, 0.25) is 0 Å². The Balaban J connectivity index is 2.03. The number of hydrogen-bond donors (Lipinski definition) is 0. The average molecular weight is 234 g/mol. The van der Waals surface area contributed by atoms with E-state index in [1.54, 1.807) is 0 Å². The quantitative estimate of drug-likeness (QED) is 0.517. The molecule has 0 bridgehead atoms. The Labute approximate surface area is 98.9 Å². The second-order valence-corrected chi connectivity index (χ2v) is 4.82. The zero-order valence-corrected chi connectivity index (χ0v) is 10.6. The zero-order chi connectivity index (χ0) is 10.9. The molecule has 0 aromatic carbocycles. The summed E-state index contributed by atoms with van der Waals surface area (Å²) in [6.07, 6.45) is 6.67. The van der Waals surface area contributed by atoms with E-state index < -0.39 is 0 Å². The highest BCUT2D eigenvalue weighted by Gasteiger charge is 2.13. The number of nitrogens with zero attached hydrogens (tertiary/aromatic N) is 1. The van der Waals surface area contributed by atoms with Gasteiger partial charge in [0.25, 0.3) is 0 Å². The molecule has 90 valence electrons. The van der Waals surface area contributed by atoms with E-state index >= 15 is 0 Å². The molecule has 0 N–H and O–H groups in total. The van der Waals surface area contributed by atoms with Crippen molar-refractivity contribution in [1.82, 2.24) is 4.90 Å². The lowest BCUT2D eigenvalue weighted by Gasteiger charge is -2.21. The van der Waals surface area contributed by atoms with Gasteiger partial charge in [-0.15, -0.1) is 11.6 Å². The Morgan fingerprint density at radius 1 is 1.27 bits per heavy atom. The normalized spacial score (nSPS) is 24.0. The van der Waals surface area contributed by atoms with E-state index in [9.17, 15) is 0 Å². The molecule has 0 saturated carbocycles. The van der Waals surface area contributed by atoms with Crippen LogP contribution >= 0.6 is 11.6 Å². The van der Waals surface area contributed by atoms with Gasteiger partial charge in [0.15, 0.2) is 0 Å². The first kappa shape index (κ1) is 13.3. The molecule has 1 rings (SSSR count). The zero-order valence-electron chi connectivity index (χ0n) is 9.88. The summed E-state index contributed by atoms with van der Waals surface area (Å²) in [6.45, 7) is 6.65. The molecule has 1 atom stereocenters. The van der Waals surface area contributed by atoms with Crippen LogP contribution in [0.5, 0.6) is 0 Å². The largest absolute Gasteiger partial charge is 0.377 e. The van der Waals surface area contributed by atoms with Crippen LogP contribution in [0.25, 0.3) is 0 Å². The van der Waals surface area contributed by atoms with Crippen molar-refractivity contribution >= 4 is 11.6 Å². The molecule has 2 nitrogen and oxygen atoms in total. The minimum absolute atomic E-state index is 0.412. The van der Waals surface area contributed by atoms with E-state index in [1.165, 1.54) is 45.2 Å². The van der Waals surface area contributed by atoms with Crippen LogP contribution < -0.4 is 0 Å². The van der Waals surface area contributed by atoms with Gasteiger partial charge in [-0.05, 0) is 32.7 Å². The molecule has 1 unspecified atom stereocenters. The molecule has 15 heavy (non-hydrogen) atoms. The molecule has 1 fully saturated rings. The minimum Gasteiger partial charge on any atom is -0.377 e. The van der Waals surface area contributed by atoms with E-state index in [0.717, 1.165) is 19.0 Å². The van der Waals surface area contributed by atoms with Gasteiger partial charge in [0.1, 0.15) is 0 Å². The number of ether oxygens (including phenoxy) is 1. The highest BCUT2D eigenvalue weighted by molar-refractivity contribution is 6.17. The Bertz CT molecular complexity index is 155. The predicted octanol–water partition coefficient (Wildman–Crippen LogP) is 2.90. The molecule has 0 aromatic rings. The van der Waals surface area contributed by atoms with Gasteiger partial charge in [-0.1, -0.05) is 12.8 Å². The predicted molar refractivity (Wildman–Crippen MR) is 65.7 cm³/mol. The maximum Gasteiger partial charge on any atom is 0.0673 e. The van der Waals surface area contributed by atoms with Gasteiger partial charge in [-0.3, -0.25) is 0 Å². The third-order valence-corrected chi connectivity index (χ3v) is 3.16. The Morgan fingerprint density at radius 2 is 2.07 bits per heavy atom. The van der Waals surface area contributed by atoms with Crippen molar-refractivity contribution in [2.75, 3.05) is 32.1 Å². The Kier molecular flexibility index (Phi) is 7.41. The monoisotopic (exact) mass is 233 g/mol. The fourth-order valence-corrected chi connectivity index (χ4v) is 2.26. The van der Waals surface area contributed by atoms with Crippen molar-refractivity contribution in [1.29, 1.82) is 0 Å². The molecule has 1 aliphatic rings. The smallest absolute Gasteiger partial charge is 0.0673 e. The van der Waals surface area contributed by atoms with Gasteiger partial charge >= 0.3 is 0 Å². The van der Waals surface area contributed by atoms with Crippen LogP contribution in [0.3, 0.4) is 0 Å². The van der Waals surface area contributed by atoms with Crippen molar-refractivity contribution in [3.63, 3.8) is 0 Å². The highest BCUT2D eigenvalue weighted by atomic mass is 35.5. The molecular weight excluding hydrogens is 210 g/mol. The summed E-state index contributed by atoms with van der Waals surface area (Å²) in [5, 5.41) is 0. The van der Waals surface area contributed by atoms with Crippen molar-refractivity contribution in [3.05, 3.63) is 0 Å². The maximum absolute atomic E-state index is 5.64. The number of rotatable bonds is 6. The van der Waals surface area contributed by atoms with E-state index in [1.807, 2.05) is 0 Å². The summed E-state index contributed by atoms with van der Waals surface area (Å²) in [4.78, 5) is 2.54. The van der Waals surface area contributed by atoms with E-state index in [4.69, 9.17) is 16.3 Å². The van der Waals surface area contributed by atoms with Gasteiger partial charge in [-0.25, -0.2) is 0 Å². The van der Waals surface area contributed by atoms with E-state index in [0.29, 0.717) is 6.10 Å².